The van der Waals surface area contributed by atoms with Gasteiger partial charge in [-0.05, 0) is 20.3 Å². The Morgan fingerprint density at radius 2 is 1.93 bits per heavy atom. The fourth-order valence-electron chi connectivity index (χ4n) is 1.09. The molecule has 1 atom stereocenters. The summed E-state index contributed by atoms with van der Waals surface area (Å²) in [7, 11) is 0. The third kappa shape index (κ3) is 4.81. The molecule has 2 amide bonds. The molecule has 0 bridgehead atoms. The number of hydrogen-bond acceptors (Lipinski definition) is 3. The highest BCUT2D eigenvalue weighted by Gasteiger charge is 2.24. The van der Waals surface area contributed by atoms with Crippen LogP contribution in [0, 0.1) is 0 Å². The number of amides is 2. The molecule has 0 radical (unpaired) electrons. The quantitative estimate of drug-likeness (QED) is 0.559. The molecule has 5 nitrogen and oxygen atoms in total. The SMILES string of the molecule is CC[C@@H](N)C(=O)NC(C)(C)CC(N)=O. The molecule has 0 unspecified atom stereocenters. The first-order valence-corrected chi connectivity index (χ1v) is 4.64. The Kier molecular flexibility index (Phi) is 4.56. The molecule has 0 aromatic rings. The first-order valence-electron chi connectivity index (χ1n) is 4.64. The summed E-state index contributed by atoms with van der Waals surface area (Å²) in [6, 6.07) is -0.526. The van der Waals surface area contributed by atoms with E-state index >= 15 is 0 Å². The van der Waals surface area contributed by atoms with E-state index < -0.39 is 17.5 Å². The van der Waals surface area contributed by atoms with Crippen molar-refractivity contribution in [1.82, 2.24) is 5.32 Å². The summed E-state index contributed by atoms with van der Waals surface area (Å²) < 4.78 is 0. The fourth-order valence-corrected chi connectivity index (χ4v) is 1.09. The molecule has 14 heavy (non-hydrogen) atoms. The molecule has 0 aliphatic carbocycles. The van der Waals surface area contributed by atoms with Crippen molar-refractivity contribution < 1.29 is 9.59 Å². The van der Waals surface area contributed by atoms with E-state index in [-0.39, 0.29) is 12.3 Å². The molecule has 0 aliphatic heterocycles. The molecule has 0 aromatic carbocycles. The van der Waals surface area contributed by atoms with Crippen molar-refractivity contribution in [1.29, 1.82) is 0 Å². The zero-order valence-electron chi connectivity index (χ0n) is 8.96. The van der Waals surface area contributed by atoms with Crippen molar-refractivity contribution in [2.75, 3.05) is 0 Å². The Labute approximate surface area is 84.2 Å². The molecule has 0 saturated heterocycles. The van der Waals surface area contributed by atoms with Gasteiger partial charge in [0.05, 0.1) is 6.04 Å². The van der Waals surface area contributed by atoms with Gasteiger partial charge in [0.15, 0.2) is 0 Å². The third-order valence-corrected chi connectivity index (χ3v) is 1.85. The summed E-state index contributed by atoms with van der Waals surface area (Å²) in [5, 5.41) is 2.67. The van der Waals surface area contributed by atoms with Crippen LogP contribution in [0.15, 0.2) is 0 Å². The lowest BCUT2D eigenvalue weighted by atomic mass is 9.99. The van der Waals surface area contributed by atoms with Crippen molar-refractivity contribution in [2.24, 2.45) is 11.5 Å². The van der Waals surface area contributed by atoms with Crippen molar-refractivity contribution in [3.8, 4) is 0 Å². The second kappa shape index (κ2) is 4.95. The van der Waals surface area contributed by atoms with Crippen LogP contribution in [-0.2, 0) is 9.59 Å². The van der Waals surface area contributed by atoms with E-state index in [1.165, 1.54) is 0 Å². The van der Waals surface area contributed by atoms with Crippen molar-refractivity contribution in [2.45, 2.75) is 45.2 Å². The van der Waals surface area contributed by atoms with Gasteiger partial charge in [-0.3, -0.25) is 9.59 Å². The number of carbonyl (C=O) groups is 2. The second-order valence-corrected chi connectivity index (χ2v) is 4.03. The first-order chi connectivity index (χ1) is 6.28. The van der Waals surface area contributed by atoms with Crippen molar-refractivity contribution in [3.63, 3.8) is 0 Å². The molecule has 0 saturated carbocycles. The molecule has 0 fully saturated rings. The van der Waals surface area contributed by atoms with E-state index in [0.29, 0.717) is 6.42 Å². The lowest BCUT2D eigenvalue weighted by molar-refractivity contribution is -0.125. The van der Waals surface area contributed by atoms with Crippen LogP contribution in [0.4, 0.5) is 0 Å². The van der Waals surface area contributed by atoms with Gasteiger partial charge in [-0.25, -0.2) is 0 Å². The topological polar surface area (TPSA) is 98.2 Å². The van der Waals surface area contributed by atoms with Crippen LogP contribution in [-0.4, -0.2) is 23.4 Å². The summed E-state index contributed by atoms with van der Waals surface area (Å²) in [6.45, 7) is 5.29. The molecular formula is C9H19N3O2. The predicted molar refractivity (Wildman–Crippen MR) is 54.3 cm³/mol. The molecule has 0 heterocycles. The highest BCUT2D eigenvalue weighted by Crippen LogP contribution is 2.07. The molecule has 82 valence electrons. The van der Waals surface area contributed by atoms with Gasteiger partial charge in [0.2, 0.25) is 11.8 Å². The maximum Gasteiger partial charge on any atom is 0.237 e. The molecule has 0 rings (SSSR count). The lowest BCUT2D eigenvalue weighted by Gasteiger charge is -2.26. The molecule has 0 spiro atoms. The number of primary amides is 1. The van der Waals surface area contributed by atoms with Crippen molar-refractivity contribution >= 4 is 11.8 Å². The van der Waals surface area contributed by atoms with Gasteiger partial charge in [0, 0.05) is 12.0 Å². The monoisotopic (exact) mass is 201 g/mol. The van der Waals surface area contributed by atoms with E-state index in [1.54, 1.807) is 13.8 Å². The van der Waals surface area contributed by atoms with E-state index in [4.69, 9.17) is 11.5 Å². The minimum atomic E-state index is -0.629. The van der Waals surface area contributed by atoms with E-state index in [1.807, 2.05) is 6.92 Å². The maximum atomic E-state index is 11.4. The van der Waals surface area contributed by atoms with Gasteiger partial charge in [-0.15, -0.1) is 0 Å². The van der Waals surface area contributed by atoms with Crippen LogP contribution in [0.3, 0.4) is 0 Å². The fraction of sp³-hybridized carbons (Fsp3) is 0.778. The Morgan fingerprint density at radius 1 is 1.43 bits per heavy atom. The Morgan fingerprint density at radius 3 is 2.29 bits per heavy atom. The number of rotatable bonds is 5. The van der Waals surface area contributed by atoms with Crippen LogP contribution in [0.5, 0.6) is 0 Å². The first kappa shape index (κ1) is 12.9. The predicted octanol–water partition coefficient (Wildman–Crippen LogP) is -0.506. The van der Waals surface area contributed by atoms with Gasteiger partial charge < -0.3 is 16.8 Å². The number of hydrogen-bond donors (Lipinski definition) is 3. The number of nitrogens with one attached hydrogen (secondary N) is 1. The average molecular weight is 201 g/mol. The standard InChI is InChI=1S/C9H19N3O2/c1-4-6(10)8(14)12-9(2,3)5-7(11)13/h6H,4-5,10H2,1-3H3,(H2,11,13)(H,12,14)/t6-/m1/s1. The van der Waals surface area contributed by atoms with Crippen molar-refractivity contribution in [3.05, 3.63) is 0 Å². The Hall–Kier alpha value is -1.10. The molecule has 0 aliphatic rings. The lowest BCUT2D eigenvalue weighted by Crippen LogP contribution is -2.51. The van der Waals surface area contributed by atoms with E-state index in [9.17, 15) is 9.59 Å². The van der Waals surface area contributed by atoms with Crippen LogP contribution in [0.25, 0.3) is 0 Å². The zero-order chi connectivity index (χ0) is 11.4. The van der Waals surface area contributed by atoms with Crippen LogP contribution < -0.4 is 16.8 Å². The third-order valence-electron chi connectivity index (χ3n) is 1.85. The summed E-state index contributed by atoms with van der Waals surface area (Å²) in [5.74, 6) is -0.695. The Balaban J connectivity index is 4.21. The zero-order valence-corrected chi connectivity index (χ0v) is 8.96. The van der Waals surface area contributed by atoms with E-state index in [0.717, 1.165) is 0 Å². The average Bonchev–Trinajstić information content (AvgIpc) is 1.99. The molecule has 5 heteroatoms. The smallest absolute Gasteiger partial charge is 0.237 e. The minimum absolute atomic E-state index is 0.106. The van der Waals surface area contributed by atoms with Crippen LogP contribution in [0.2, 0.25) is 0 Å². The molecule has 5 N–H and O–H groups in total. The maximum absolute atomic E-state index is 11.4. The summed E-state index contributed by atoms with van der Waals surface area (Å²) in [4.78, 5) is 22.1. The number of nitrogens with two attached hydrogens (primary N) is 2. The highest BCUT2D eigenvalue weighted by molar-refractivity contribution is 5.83. The van der Waals surface area contributed by atoms with Gasteiger partial charge >= 0.3 is 0 Å². The van der Waals surface area contributed by atoms with E-state index in [2.05, 4.69) is 5.32 Å². The summed E-state index contributed by atoms with van der Waals surface area (Å²) in [5.41, 5.74) is 9.94. The highest BCUT2D eigenvalue weighted by atomic mass is 16.2. The summed E-state index contributed by atoms with van der Waals surface area (Å²) >= 11 is 0. The van der Waals surface area contributed by atoms with Gasteiger partial charge in [0.25, 0.3) is 0 Å². The summed E-state index contributed by atoms with van der Waals surface area (Å²) in [6.07, 6.45) is 0.674. The normalized spacial score (nSPS) is 13.4. The van der Waals surface area contributed by atoms with Gasteiger partial charge in [0.1, 0.15) is 0 Å². The largest absolute Gasteiger partial charge is 0.370 e. The van der Waals surface area contributed by atoms with Crippen LogP contribution in [0.1, 0.15) is 33.6 Å². The van der Waals surface area contributed by atoms with Gasteiger partial charge in [-0.1, -0.05) is 6.92 Å². The van der Waals surface area contributed by atoms with Gasteiger partial charge in [-0.2, -0.15) is 0 Å². The Bertz CT molecular complexity index is 226. The molecular weight excluding hydrogens is 182 g/mol. The second-order valence-electron chi connectivity index (χ2n) is 4.03. The number of carbonyl (C=O) groups excluding carboxylic acids is 2. The molecule has 0 aromatic heterocycles. The van der Waals surface area contributed by atoms with Crippen LogP contribution >= 0.6 is 0 Å². The minimum Gasteiger partial charge on any atom is -0.370 e.